The standard InChI is InChI=1S/C16H13BrN2O4/c17-11-5-3-4-10(8-11)15(20)18-19-16(21)14-9-22-12-6-1-2-7-13(12)23-14/h1-8,14H,9H2,(H,18,20)(H,19,21). The largest absolute Gasteiger partial charge is 0.485 e. The topological polar surface area (TPSA) is 76.7 Å². The van der Waals surface area contributed by atoms with E-state index >= 15 is 0 Å². The van der Waals surface area contributed by atoms with Gasteiger partial charge in [0.15, 0.2) is 11.5 Å². The van der Waals surface area contributed by atoms with E-state index < -0.39 is 17.9 Å². The Morgan fingerprint density at radius 3 is 2.61 bits per heavy atom. The Labute approximate surface area is 140 Å². The number of halogens is 1. The third-order valence-electron chi connectivity index (χ3n) is 3.19. The van der Waals surface area contributed by atoms with E-state index in [1.165, 1.54) is 0 Å². The minimum absolute atomic E-state index is 0.0790. The molecule has 2 N–H and O–H groups in total. The maximum Gasteiger partial charge on any atom is 0.283 e. The maximum atomic E-state index is 12.1. The number of nitrogens with one attached hydrogen (secondary N) is 2. The van der Waals surface area contributed by atoms with Crippen molar-refractivity contribution in [1.82, 2.24) is 10.9 Å². The van der Waals surface area contributed by atoms with E-state index in [1.54, 1.807) is 42.5 Å². The van der Waals surface area contributed by atoms with Crippen molar-refractivity contribution in [1.29, 1.82) is 0 Å². The second-order valence-corrected chi connectivity index (χ2v) is 5.73. The second kappa shape index (κ2) is 6.70. The molecule has 7 heteroatoms. The van der Waals surface area contributed by atoms with Gasteiger partial charge in [0.05, 0.1) is 0 Å². The summed E-state index contributed by atoms with van der Waals surface area (Å²) in [6, 6.07) is 13.9. The fourth-order valence-corrected chi connectivity index (χ4v) is 2.45. The zero-order chi connectivity index (χ0) is 16.2. The lowest BCUT2D eigenvalue weighted by Gasteiger charge is -2.25. The molecule has 0 aliphatic carbocycles. The first-order valence-electron chi connectivity index (χ1n) is 6.88. The first-order valence-corrected chi connectivity index (χ1v) is 7.67. The number of fused-ring (bicyclic) bond motifs is 1. The number of hydrogen-bond acceptors (Lipinski definition) is 4. The summed E-state index contributed by atoms with van der Waals surface area (Å²) in [4.78, 5) is 24.0. The average Bonchev–Trinajstić information content (AvgIpc) is 2.59. The number of hydrogen-bond donors (Lipinski definition) is 2. The van der Waals surface area contributed by atoms with Crippen LogP contribution < -0.4 is 20.3 Å². The highest BCUT2D eigenvalue weighted by molar-refractivity contribution is 9.10. The highest BCUT2D eigenvalue weighted by Crippen LogP contribution is 2.30. The van der Waals surface area contributed by atoms with Gasteiger partial charge in [-0.3, -0.25) is 20.4 Å². The lowest BCUT2D eigenvalue weighted by Crippen LogP contribution is -2.50. The fraction of sp³-hybridized carbons (Fsp3) is 0.125. The minimum atomic E-state index is -0.826. The molecule has 2 aromatic rings. The molecule has 0 spiro atoms. The monoisotopic (exact) mass is 376 g/mol. The molecule has 0 aromatic heterocycles. The van der Waals surface area contributed by atoms with Gasteiger partial charge in [-0.25, -0.2) is 0 Å². The molecule has 3 rings (SSSR count). The molecule has 0 saturated heterocycles. The number of carbonyl (C=O) groups is 2. The molecule has 0 fully saturated rings. The van der Waals surface area contributed by atoms with Crippen LogP contribution in [0.15, 0.2) is 53.0 Å². The van der Waals surface area contributed by atoms with Crippen LogP contribution in [0.2, 0.25) is 0 Å². The number of carbonyl (C=O) groups excluding carboxylic acids is 2. The van der Waals surface area contributed by atoms with Crippen LogP contribution >= 0.6 is 15.9 Å². The predicted octanol–water partition coefficient (Wildman–Crippen LogP) is 2.05. The Bertz CT molecular complexity index is 750. The Hall–Kier alpha value is -2.54. The summed E-state index contributed by atoms with van der Waals surface area (Å²) in [6.45, 7) is 0.0790. The van der Waals surface area contributed by atoms with Crippen LogP contribution in [-0.4, -0.2) is 24.5 Å². The lowest BCUT2D eigenvalue weighted by molar-refractivity contribution is -0.131. The highest BCUT2D eigenvalue weighted by Gasteiger charge is 2.27. The van der Waals surface area contributed by atoms with Crippen LogP contribution in [0, 0.1) is 0 Å². The minimum Gasteiger partial charge on any atom is -0.485 e. The van der Waals surface area contributed by atoms with Gasteiger partial charge >= 0.3 is 0 Å². The second-order valence-electron chi connectivity index (χ2n) is 4.82. The van der Waals surface area contributed by atoms with E-state index in [-0.39, 0.29) is 6.61 Å². The molecule has 0 saturated carbocycles. The molecule has 0 bridgehead atoms. The number of rotatable bonds is 2. The molecule has 1 atom stereocenters. The Morgan fingerprint density at radius 2 is 1.83 bits per heavy atom. The summed E-state index contributed by atoms with van der Waals surface area (Å²) < 4.78 is 11.8. The van der Waals surface area contributed by atoms with Crippen molar-refractivity contribution in [2.24, 2.45) is 0 Å². The predicted molar refractivity (Wildman–Crippen MR) is 86.1 cm³/mol. The highest BCUT2D eigenvalue weighted by atomic mass is 79.9. The van der Waals surface area contributed by atoms with Crippen molar-refractivity contribution in [3.63, 3.8) is 0 Å². The van der Waals surface area contributed by atoms with Crippen molar-refractivity contribution in [3.8, 4) is 11.5 Å². The van der Waals surface area contributed by atoms with Crippen LogP contribution in [0.25, 0.3) is 0 Å². The summed E-state index contributed by atoms with van der Waals surface area (Å²) in [5.74, 6) is 0.187. The van der Waals surface area contributed by atoms with Gasteiger partial charge in [0.2, 0.25) is 6.10 Å². The van der Waals surface area contributed by atoms with Gasteiger partial charge in [-0.15, -0.1) is 0 Å². The van der Waals surface area contributed by atoms with Crippen LogP contribution in [-0.2, 0) is 4.79 Å². The summed E-state index contributed by atoms with van der Waals surface area (Å²) >= 11 is 3.28. The maximum absolute atomic E-state index is 12.1. The summed E-state index contributed by atoms with van der Waals surface area (Å²) in [5, 5.41) is 0. The molecule has 1 heterocycles. The van der Waals surface area contributed by atoms with Crippen LogP contribution in [0.4, 0.5) is 0 Å². The number of benzene rings is 2. The number of amides is 2. The van der Waals surface area contributed by atoms with Gasteiger partial charge in [0.25, 0.3) is 11.8 Å². The first-order chi connectivity index (χ1) is 11.1. The molecule has 2 amide bonds. The molecule has 6 nitrogen and oxygen atoms in total. The average molecular weight is 377 g/mol. The van der Waals surface area contributed by atoms with Crippen molar-refractivity contribution in [2.45, 2.75) is 6.10 Å². The summed E-state index contributed by atoms with van der Waals surface area (Å²) in [7, 11) is 0. The van der Waals surface area contributed by atoms with E-state index in [1.807, 2.05) is 6.07 Å². The van der Waals surface area contributed by atoms with E-state index in [0.717, 1.165) is 4.47 Å². The Kier molecular flexibility index (Phi) is 4.47. The molecule has 118 valence electrons. The zero-order valence-corrected chi connectivity index (χ0v) is 13.5. The van der Waals surface area contributed by atoms with Crippen LogP contribution in [0.1, 0.15) is 10.4 Å². The number of para-hydroxylation sites is 2. The normalized spacial score (nSPS) is 15.6. The van der Waals surface area contributed by atoms with Gasteiger partial charge in [0, 0.05) is 10.0 Å². The molecule has 1 aliphatic heterocycles. The van der Waals surface area contributed by atoms with E-state index in [4.69, 9.17) is 9.47 Å². The number of ether oxygens (including phenoxy) is 2. The molecule has 0 radical (unpaired) electrons. The molecule has 1 aliphatic rings. The SMILES string of the molecule is O=C(NNC(=O)C1COc2ccccc2O1)c1cccc(Br)c1. The smallest absolute Gasteiger partial charge is 0.283 e. The summed E-state index contributed by atoms with van der Waals surface area (Å²) in [6.07, 6.45) is -0.826. The third kappa shape index (κ3) is 3.62. The van der Waals surface area contributed by atoms with Gasteiger partial charge in [0.1, 0.15) is 6.61 Å². The Morgan fingerprint density at radius 1 is 1.04 bits per heavy atom. The van der Waals surface area contributed by atoms with Gasteiger partial charge in [-0.05, 0) is 30.3 Å². The van der Waals surface area contributed by atoms with Gasteiger partial charge in [-0.2, -0.15) is 0 Å². The van der Waals surface area contributed by atoms with Crippen LogP contribution in [0.3, 0.4) is 0 Å². The van der Waals surface area contributed by atoms with Crippen molar-refractivity contribution in [3.05, 3.63) is 58.6 Å². The van der Waals surface area contributed by atoms with Gasteiger partial charge in [-0.1, -0.05) is 34.1 Å². The molecule has 23 heavy (non-hydrogen) atoms. The summed E-state index contributed by atoms with van der Waals surface area (Å²) in [5.41, 5.74) is 5.12. The van der Waals surface area contributed by atoms with E-state index in [2.05, 4.69) is 26.8 Å². The Balaban J connectivity index is 1.57. The van der Waals surface area contributed by atoms with E-state index in [0.29, 0.717) is 17.1 Å². The fourth-order valence-electron chi connectivity index (χ4n) is 2.05. The third-order valence-corrected chi connectivity index (χ3v) is 3.68. The zero-order valence-electron chi connectivity index (χ0n) is 11.9. The van der Waals surface area contributed by atoms with E-state index in [9.17, 15) is 9.59 Å². The van der Waals surface area contributed by atoms with Gasteiger partial charge < -0.3 is 9.47 Å². The molecule has 1 unspecified atom stereocenters. The van der Waals surface area contributed by atoms with Crippen molar-refractivity contribution < 1.29 is 19.1 Å². The lowest BCUT2D eigenvalue weighted by atomic mass is 10.2. The van der Waals surface area contributed by atoms with Crippen LogP contribution in [0.5, 0.6) is 11.5 Å². The quantitative estimate of drug-likeness (QED) is 0.786. The van der Waals surface area contributed by atoms with Crippen molar-refractivity contribution >= 4 is 27.7 Å². The molecular weight excluding hydrogens is 364 g/mol. The molecule has 2 aromatic carbocycles. The molecular formula is C16H13BrN2O4. The first kappa shape index (κ1) is 15.4. The van der Waals surface area contributed by atoms with Crippen molar-refractivity contribution in [2.75, 3.05) is 6.61 Å². The number of hydrazine groups is 1.